The van der Waals surface area contributed by atoms with Gasteiger partial charge >= 0.3 is 17.9 Å². The Morgan fingerprint density at radius 1 is 0.400 bits per heavy atom. The highest BCUT2D eigenvalue weighted by atomic mass is 16.5. The summed E-state index contributed by atoms with van der Waals surface area (Å²) < 4.78 is 16.7. The minimum atomic E-state index is -0.670. The maximum atomic E-state index is 13.3. The number of carbonyl (C=O) groups excluding carboxylic acids is 3. The highest BCUT2D eigenvalue weighted by Gasteiger charge is 2.27. The van der Waals surface area contributed by atoms with Crippen molar-refractivity contribution < 1.29 is 28.6 Å². The Morgan fingerprint density at radius 2 is 0.667 bits per heavy atom. The summed E-state index contributed by atoms with van der Waals surface area (Å²) in [5, 5.41) is 0. The molecule has 0 aromatic heterocycles. The highest BCUT2D eigenvalue weighted by Crippen LogP contribution is 2.21. The summed E-state index contributed by atoms with van der Waals surface area (Å²) in [5.74, 6) is -1.87. The van der Waals surface area contributed by atoms with Crippen molar-refractivity contribution in [2.75, 3.05) is 19.8 Å². The molecule has 0 heterocycles. The Balaban J connectivity index is 2.70. The number of benzene rings is 1. The van der Waals surface area contributed by atoms with Gasteiger partial charge in [-0.05, 0) is 31.4 Å². The first kappa shape index (κ1) is 40.7. The topological polar surface area (TPSA) is 78.9 Å². The molecule has 45 heavy (non-hydrogen) atoms. The first-order valence-corrected chi connectivity index (χ1v) is 18.7. The summed E-state index contributed by atoms with van der Waals surface area (Å²) in [7, 11) is 0. The SMILES string of the molecule is CCCCCCCCCCOC(=O)c1cccc(C(=O)OCCCCCCCCCC)c1C(=O)OCCCCCCCCCC. The fraction of sp³-hybridized carbons (Fsp3) is 0.769. The van der Waals surface area contributed by atoms with E-state index < -0.39 is 17.9 Å². The summed E-state index contributed by atoms with van der Waals surface area (Å²) in [5.41, 5.74) is 0.0907. The molecule has 0 unspecified atom stereocenters. The predicted octanol–water partition coefficient (Wildman–Crippen LogP) is 11.6. The van der Waals surface area contributed by atoms with Gasteiger partial charge in [0.2, 0.25) is 0 Å². The second kappa shape index (κ2) is 29.1. The summed E-state index contributed by atoms with van der Waals surface area (Å²) in [4.78, 5) is 39.5. The van der Waals surface area contributed by atoms with Crippen molar-refractivity contribution in [3.8, 4) is 0 Å². The molecule has 0 radical (unpaired) electrons. The van der Waals surface area contributed by atoms with Crippen LogP contribution in [0.5, 0.6) is 0 Å². The average Bonchev–Trinajstić information content (AvgIpc) is 3.05. The van der Waals surface area contributed by atoms with Crippen molar-refractivity contribution in [2.45, 2.75) is 175 Å². The first-order chi connectivity index (χ1) is 22.1. The third-order valence-electron chi connectivity index (χ3n) is 8.40. The Bertz CT molecular complexity index is 843. The molecule has 1 aromatic rings. The molecule has 0 aliphatic rings. The van der Waals surface area contributed by atoms with Gasteiger partial charge in [-0.1, -0.05) is 162 Å². The van der Waals surface area contributed by atoms with E-state index in [9.17, 15) is 14.4 Å². The number of rotatable bonds is 30. The Labute approximate surface area is 275 Å². The molecular weight excluding hydrogens is 564 g/mol. The minimum absolute atomic E-state index is 0.0427. The zero-order chi connectivity index (χ0) is 32.8. The number of hydrogen-bond acceptors (Lipinski definition) is 6. The predicted molar refractivity (Wildman–Crippen MR) is 185 cm³/mol. The van der Waals surface area contributed by atoms with Gasteiger partial charge in [0.25, 0.3) is 0 Å². The van der Waals surface area contributed by atoms with Crippen LogP contribution >= 0.6 is 0 Å². The Hall–Kier alpha value is -2.37. The molecule has 0 aliphatic heterocycles. The first-order valence-electron chi connectivity index (χ1n) is 18.7. The monoisotopic (exact) mass is 630 g/mol. The van der Waals surface area contributed by atoms with Crippen LogP contribution < -0.4 is 0 Å². The smallest absolute Gasteiger partial charge is 0.339 e. The Kier molecular flexibility index (Phi) is 26.3. The van der Waals surface area contributed by atoms with Crippen molar-refractivity contribution in [1.29, 1.82) is 0 Å². The van der Waals surface area contributed by atoms with Gasteiger partial charge in [0.05, 0.1) is 36.5 Å². The molecule has 6 nitrogen and oxygen atoms in total. The molecule has 0 saturated heterocycles. The van der Waals surface area contributed by atoms with E-state index in [0.717, 1.165) is 57.8 Å². The molecule has 1 rings (SSSR count). The Morgan fingerprint density at radius 3 is 0.978 bits per heavy atom. The lowest BCUT2D eigenvalue weighted by Gasteiger charge is -2.14. The van der Waals surface area contributed by atoms with Gasteiger partial charge in [-0.15, -0.1) is 0 Å². The lowest BCUT2D eigenvalue weighted by molar-refractivity contribution is 0.0430. The van der Waals surface area contributed by atoms with Gasteiger partial charge in [-0.25, -0.2) is 14.4 Å². The standard InChI is InChI=1S/C39H66O6/c1-4-7-10-13-16-19-22-25-31-43-37(40)34-29-28-30-35(38(41)44-32-26-23-20-17-14-11-8-5-2)36(34)39(42)45-33-27-24-21-18-15-12-9-6-3/h28-30H,4-27,31-33H2,1-3H3. The average molecular weight is 631 g/mol. The molecule has 0 aliphatic carbocycles. The summed E-state index contributed by atoms with van der Waals surface area (Å²) in [6.45, 7) is 7.47. The molecule has 0 atom stereocenters. The van der Waals surface area contributed by atoms with Crippen LogP contribution in [-0.4, -0.2) is 37.7 Å². The quantitative estimate of drug-likeness (QED) is 0.0478. The molecule has 0 N–H and O–H groups in total. The van der Waals surface area contributed by atoms with Crippen molar-refractivity contribution in [3.63, 3.8) is 0 Å². The zero-order valence-electron chi connectivity index (χ0n) is 29.3. The van der Waals surface area contributed by atoms with Crippen LogP contribution in [0.2, 0.25) is 0 Å². The fourth-order valence-electron chi connectivity index (χ4n) is 5.54. The van der Waals surface area contributed by atoms with Gasteiger partial charge in [0.15, 0.2) is 0 Å². The third-order valence-corrected chi connectivity index (χ3v) is 8.40. The second-order valence-corrected chi connectivity index (χ2v) is 12.6. The largest absolute Gasteiger partial charge is 0.462 e. The second-order valence-electron chi connectivity index (χ2n) is 12.6. The van der Waals surface area contributed by atoms with Crippen LogP contribution in [0.4, 0.5) is 0 Å². The summed E-state index contributed by atoms with van der Waals surface area (Å²) in [6.07, 6.45) is 27.4. The van der Waals surface area contributed by atoms with Gasteiger partial charge in [0.1, 0.15) is 0 Å². The molecule has 6 heteroatoms. The highest BCUT2D eigenvalue weighted by molar-refractivity contribution is 6.10. The van der Waals surface area contributed by atoms with Crippen molar-refractivity contribution in [1.82, 2.24) is 0 Å². The van der Waals surface area contributed by atoms with Crippen molar-refractivity contribution in [2.24, 2.45) is 0 Å². The number of carbonyl (C=O) groups is 3. The number of ether oxygens (including phenoxy) is 3. The van der Waals surface area contributed by atoms with Crippen LogP contribution in [0.1, 0.15) is 206 Å². The van der Waals surface area contributed by atoms with Crippen molar-refractivity contribution >= 4 is 17.9 Å². The van der Waals surface area contributed by atoms with Gasteiger partial charge in [-0.3, -0.25) is 0 Å². The third kappa shape index (κ3) is 20.4. The van der Waals surface area contributed by atoms with E-state index in [-0.39, 0.29) is 36.5 Å². The normalized spacial score (nSPS) is 11.0. The van der Waals surface area contributed by atoms with Gasteiger partial charge in [-0.2, -0.15) is 0 Å². The van der Waals surface area contributed by atoms with Gasteiger partial charge < -0.3 is 14.2 Å². The van der Waals surface area contributed by atoms with E-state index in [2.05, 4.69) is 20.8 Å². The fourth-order valence-corrected chi connectivity index (χ4v) is 5.54. The van der Waals surface area contributed by atoms with Crippen LogP contribution in [-0.2, 0) is 14.2 Å². The number of esters is 3. The minimum Gasteiger partial charge on any atom is -0.462 e. The number of unbranched alkanes of at least 4 members (excludes halogenated alkanes) is 21. The van der Waals surface area contributed by atoms with E-state index in [1.807, 2.05) is 0 Å². The van der Waals surface area contributed by atoms with Crippen LogP contribution in [0.3, 0.4) is 0 Å². The molecule has 0 fully saturated rings. The lowest BCUT2D eigenvalue weighted by Crippen LogP contribution is -2.20. The van der Waals surface area contributed by atoms with E-state index >= 15 is 0 Å². The lowest BCUT2D eigenvalue weighted by atomic mass is 10.0. The van der Waals surface area contributed by atoms with E-state index in [1.165, 1.54) is 108 Å². The molecule has 0 spiro atoms. The molecule has 0 saturated carbocycles. The van der Waals surface area contributed by atoms with Gasteiger partial charge in [0, 0.05) is 0 Å². The van der Waals surface area contributed by atoms with Crippen LogP contribution in [0.25, 0.3) is 0 Å². The maximum Gasteiger partial charge on any atom is 0.339 e. The van der Waals surface area contributed by atoms with Crippen LogP contribution in [0.15, 0.2) is 18.2 Å². The summed E-state index contributed by atoms with van der Waals surface area (Å²) >= 11 is 0. The van der Waals surface area contributed by atoms with Crippen molar-refractivity contribution in [3.05, 3.63) is 34.9 Å². The molecule has 1 aromatic carbocycles. The number of hydrogen-bond donors (Lipinski definition) is 0. The van der Waals surface area contributed by atoms with E-state index in [0.29, 0.717) is 0 Å². The molecule has 258 valence electrons. The molecule has 0 amide bonds. The van der Waals surface area contributed by atoms with Crippen LogP contribution in [0, 0.1) is 0 Å². The zero-order valence-corrected chi connectivity index (χ0v) is 29.3. The van der Waals surface area contributed by atoms with E-state index in [1.54, 1.807) is 6.07 Å². The van der Waals surface area contributed by atoms with E-state index in [4.69, 9.17) is 14.2 Å². The maximum absolute atomic E-state index is 13.3. The summed E-state index contributed by atoms with van der Waals surface area (Å²) in [6, 6.07) is 4.69. The molecular formula is C39H66O6. The molecule has 0 bridgehead atoms.